The van der Waals surface area contributed by atoms with Crippen molar-refractivity contribution in [1.29, 1.82) is 0 Å². The summed E-state index contributed by atoms with van der Waals surface area (Å²) in [7, 11) is -1.24. The minimum atomic E-state index is -4.52. The summed E-state index contributed by atoms with van der Waals surface area (Å²) < 4.78 is 46.7. The predicted molar refractivity (Wildman–Crippen MR) is 94.4 cm³/mol. The van der Waals surface area contributed by atoms with E-state index in [1.165, 1.54) is 10.8 Å². The molecule has 2 heterocycles. The van der Waals surface area contributed by atoms with Gasteiger partial charge in [0.1, 0.15) is 12.2 Å². The van der Waals surface area contributed by atoms with Crippen molar-refractivity contribution in [2.75, 3.05) is 6.61 Å². The number of aromatic amines is 1. The molecule has 0 radical (unpaired) electrons. The molecule has 128 valence electrons. The molecule has 2 aromatic heterocycles. The van der Waals surface area contributed by atoms with Crippen LogP contribution in [0.2, 0.25) is 25.7 Å². The average Bonchev–Trinajstić information content (AvgIpc) is 2.71. The van der Waals surface area contributed by atoms with E-state index in [4.69, 9.17) is 4.74 Å². The molecule has 0 saturated carbocycles. The van der Waals surface area contributed by atoms with Crippen molar-refractivity contribution in [3.05, 3.63) is 31.9 Å². The van der Waals surface area contributed by atoms with Crippen LogP contribution in [0.25, 0.3) is 10.9 Å². The van der Waals surface area contributed by atoms with E-state index >= 15 is 0 Å². The molecule has 0 fully saturated rings. The second-order valence-electron chi connectivity index (χ2n) is 6.55. The number of hydrogen-bond donors (Lipinski definition) is 1. The molecule has 9 heteroatoms. The molecule has 0 spiro atoms. The second kappa shape index (κ2) is 6.59. The van der Waals surface area contributed by atoms with Gasteiger partial charge >= 0.3 is 6.18 Å². The highest BCUT2D eigenvalue weighted by atomic mass is 127. The lowest BCUT2D eigenvalue weighted by atomic mass is 10.2. The van der Waals surface area contributed by atoms with E-state index in [0.717, 1.165) is 12.2 Å². The molecule has 0 aliphatic rings. The van der Waals surface area contributed by atoms with Crippen LogP contribution in [0.1, 0.15) is 5.56 Å². The van der Waals surface area contributed by atoms with Crippen LogP contribution in [-0.2, 0) is 17.6 Å². The number of ether oxygens (including phenoxy) is 1. The van der Waals surface area contributed by atoms with Crippen molar-refractivity contribution < 1.29 is 17.9 Å². The fourth-order valence-electron chi connectivity index (χ4n) is 2.17. The Morgan fingerprint density at radius 2 is 2.00 bits per heavy atom. The van der Waals surface area contributed by atoms with Gasteiger partial charge in [0.25, 0.3) is 5.56 Å². The molecular weight excluding hydrogens is 440 g/mol. The lowest BCUT2D eigenvalue weighted by molar-refractivity contribution is -0.136. The number of H-pyrrole nitrogens is 1. The number of nitrogens with one attached hydrogen (secondary N) is 1. The Morgan fingerprint density at radius 1 is 1.35 bits per heavy atom. The van der Waals surface area contributed by atoms with Gasteiger partial charge in [0.15, 0.2) is 0 Å². The Kier molecular flexibility index (Phi) is 5.31. The molecule has 0 aromatic carbocycles. The second-order valence-corrected chi connectivity index (χ2v) is 13.3. The van der Waals surface area contributed by atoms with Crippen molar-refractivity contribution in [2.24, 2.45) is 0 Å². The van der Waals surface area contributed by atoms with Crippen LogP contribution in [0.4, 0.5) is 13.2 Å². The van der Waals surface area contributed by atoms with Gasteiger partial charge in [0.05, 0.1) is 5.56 Å². The average molecular weight is 458 g/mol. The normalized spacial score (nSPS) is 13.0. The van der Waals surface area contributed by atoms with Crippen molar-refractivity contribution in [2.45, 2.75) is 38.6 Å². The first-order valence-corrected chi connectivity index (χ1v) is 11.8. The first-order chi connectivity index (χ1) is 10.5. The fraction of sp³-hybridized carbons (Fsp3) is 0.500. The summed E-state index contributed by atoms with van der Waals surface area (Å²) in [4.78, 5) is 14.2. The van der Waals surface area contributed by atoms with Gasteiger partial charge in [-0.3, -0.25) is 4.79 Å². The van der Waals surface area contributed by atoms with E-state index in [1.807, 2.05) is 22.6 Å². The number of pyridine rings is 1. The molecule has 1 N–H and O–H groups in total. The molecule has 0 bridgehead atoms. The van der Waals surface area contributed by atoms with Crippen molar-refractivity contribution in [1.82, 2.24) is 9.55 Å². The Hall–Kier alpha value is -0.813. The highest BCUT2D eigenvalue weighted by Crippen LogP contribution is 2.35. The van der Waals surface area contributed by atoms with Gasteiger partial charge in [-0.1, -0.05) is 19.6 Å². The van der Waals surface area contributed by atoms with E-state index in [1.54, 1.807) is 0 Å². The number of aromatic nitrogens is 2. The van der Waals surface area contributed by atoms with E-state index in [-0.39, 0.29) is 17.6 Å². The molecule has 0 amide bonds. The molecule has 2 rings (SSSR count). The van der Waals surface area contributed by atoms with Gasteiger partial charge in [-0.15, -0.1) is 0 Å². The zero-order valence-corrected chi connectivity index (χ0v) is 16.2. The third-order valence-electron chi connectivity index (χ3n) is 3.40. The lowest BCUT2D eigenvalue weighted by Gasteiger charge is -2.15. The number of halogens is 4. The van der Waals surface area contributed by atoms with E-state index in [2.05, 4.69) is 24.6 Å². The smallest absolute Gasteiger partial charge is 0.361 e. The zero-order valence-electron chi connectivity index (χ0n) is 13.1. The van der Waals surface area contributed by atoms with Crippen LogP contribution in [0.5, 0.6) is 0 Å². The van der Waals surface area contributed by atoms with Crippen LogP contribution >= 0.6 is 22.6 Å². The first-order valence-electron chi connectivity index (χ1n) is 7.06. The highest BCUT2D eigenvalue weighted by molar-refractivity contribution is 14.1. The van der Waals surface area contributed by atoms with Gasteiger partial charge in [-0.05, 0) is 28.6 Å². The topological polar surface area (TPSA) is 47.0 Å². The summed E-state index contributed by atoms with van der Waals surface area (Å²) in [5.41, 5.74) is -1.39. The summed E-state index contributed by atoms with van der Waals surface area (Å²) in [6.45, 7) is 7.23. The van der Waals surface area contributed by atoms with Gasteiger partial charge < -0.3 is 14.3 Å². The maximum atomic E-state index is 13.1. The molecule has 0 saturated heterocycles. The van der Waals surface area contributed by atoms with Crippen molar-refractivity contribution in [3.63, 3.8) is 0 Å². The third kappa shape index (κ3) is 4.38. The summed E-state index contributed by atoms with van der Waals surface area (Å²) >= 11 is 1.81. The standard InChI is InChI=1S/C14H18F3IN2O2Si/c1-23(2,3)5-4-22-8-20-7-10(18)11-9(14(15,16)17)6-19-13(21)12(11)20/h6-7H,4-5,8H2,1-3H3,(H,19,21). The monoisotopic (exact) mass is 458 g/mol. The largest absolute Gasteiger partial charge is 0.418 e. The lowest BCUT2D eigenvalue weighted by Crippen LogP contribution is -2.22. The first kappa shape index (κ1) is 18.5. The number of fused-ring (bicyclic) bond motifs is 1. The molecule has 0 aliphatic heterocycles. The molecule has 0 aliphatic carbocycles. The molecular formula is C14H18F3IN2O2Si. The number of rotatable bonds is 5. The fourth-order valence-corrected chi connectivity index (χ4v) is 3.81. The quantitative estimate of drug-likeness (QED) is 0.414. The minimum absolute atomic E-state index is 0.00257. The number of alkyl halides is 3. The Labute approximate surface area is 146 Å². The van der Waals surface area contributed by atoms with Gasteiger partial charge in [-0.25, -0.2) is 0 Å². The Morgan fingerprint density at radius 3 is 2.57 bits per heavy atom. The van der Waals surface area contributed by atoms with Crippen LogP contribution in [0.3, 0.4) is 0 Å². The SMILES string of the molecule is C[Si](C)(C)CCOCn1cc(I)c2c(C(F)(F)F)c[nH]c(=O)c21. The Bertz CT molecular complexity index is 762. The minimum Gasteiger partial charge on any atom is -0.361 e. The number of nitrogens with zero attached hydrogens (tertiary/aromatic N) is 1. The molecule has 0 unspecified atom stereocenters. The third-order valence-corrected chi connectivity index (χ3v) is 5.92. The maximum Gasteiger partial charge on any atom is 0.418 e. The van der Waals surface area contributed by atoms with Gasteiger partial charge in [0.2, 0.25) is 0 Å². The van der Waals surface area contributed by atoms with Crippen LogP contribution in [-0.4, -0.2) is 24.2 Å². The van der Waals surface area contributed by atoms with Crippen LogP contribution in [0, 0.1) is 3.57 Å². The maximum absolute atomic E-state index is 13.1. The van der Waals surface area contributed by atoms with Crippen LogP contribution in [0.15, 0.2) is 17.2 Å². The molecule has 4 nitrogen and oxygen atoms in total. The summed E-state index contributed by atoms with van der Waals surface area (Å²) in [6.07, 6.45) is -2.28. The summed E-state index contributed by atoms with van der Waals surface area (Å²) in [5.74, 6) is 0. The highest BCUT2D eigenvalue weighted by Gasteiger charge is 2.35. The van der Waals surface area contributed by atoms with E-state index in [0.29, 0.717) is 10.2 Å². The van der Waals surface area contributed by atoms with Gasteiger partial charge in [-0.2, -0.15) is 13.2 Å². The van der Waals surface area contributed by atoms with E-state index in [9.17, 15) is 18.0 Å². The molecule has 0 atom stereocenters. The Balaban J connectivity index is 2.34. The summed E-state index contributed by atoms with van der Waals surface area (Å²) in [6, 6.07) is 0.952. The van der Waals surface area contributed by atoms with Crippen molar-refractivity contribution in [3.8, 4) is 0 Å². The van der Waals surface area contributed by atoms with Crippen LogP contribution < -0.4 is 5.56 Å². The molecule has 2 aromatic rings. The number of hydrogen-bond acceptors (Lipinski definition) is 2. The zero-order chi connectivity index (χ0) is 17.4. The van der Waals surface area contributed by atoms with E-state index < -0.39 is 25.4 Å². The summed E-state index contributed by atoms with van der Waals surface area (Å²) in [5, 5.41) is -0.0735. The van der Waals surface area contributed by atoms with Gasteiger partial charge in [0, 0.05) is 36.0 Å². The van der Waals surface area contributed by atoms with Crippen molar-refractivity contribution >= 4 is 41.6 Å². The molecule has 23 heavy (non-hydrogen) atoms. The predicted octanol–water partition coefficient (Wildman–Crippen LogP) is 4.27.